The van der Waals surface area contributed by atoms with Gasteiger partial charge in [-0.3, -0.25) is 4.72 Å². The van der Waals surface area contributed by atoms with Crippen molar-refractivity contribution in [2.24, 2.45) is 0 Å². The summed E-state index contributed by atoms with van der Waals surface area (Å²) in [7, 11) is -3.50. The normalized spacial score (nSPS) is 15.3. The smallest absolute Gasteiger partial charge is 0.271 e. The van der Waals surface area contributed by atoms with Crippen molar-refractivity contribution >= 4 is 43.0 Å². The van der Waals surface area contributed by atoms with Crippen LogP contribution in [0.25, 0.3) is 0 Å². The molecule has 0 atom stereocenters. The van der Waals surface area contributed by atoms with Gasteiger partial charge in [-0.15, -0.1) is 11.3 Å². The Balaban J connectivity index is 1.96. The van der Waals surface area contributed by atoms with Crippen molar-refractivity contribution in [1.82, 2.24) is 0 Å². The molecule has 0 amide bonds. The molecular weight excluding hydrogens is 358 g/mol. The number of hydrogen-bond donors (Lipinski definition) is 1. The van der Waals surface area contributed by atoms with E-state index in [0.29, 0.717) is 15.8 Å². The molecule has 20 heavy (non-hydrogen) atoms. The van der Waals surface area contributed by atoms with Gasteiger partial charge in [0.1, 0.15) is 4.21 Å². The van der Waals surface area contributed by atoms with Gasteiger partial charge in [0.25, 0.3) is 10.0 Å². The highest BCUT2D eigenvalue weighted by Crippen LogP contribution is 2.45. The van der Waals surface area contributed by atoms with Crippen LogP contribution in [0, 0.1) is 6.92 Å². The first-order valence-electron chi connectivity index (χ1n) is 6.34. The molecule has 0 radical (unpaired) electrons. The summed E-state index contributed by atoms with van der Waals surface area (Å²) < 4.78 is 29.2. The van der Waals surface area contributed by atoms with Crippen LogP contribution in [0.5, 0.6) is 0 Å². The summed E-state index contributed by atoms with van der Waals surface area (Å²) in [6.45, 7) is 1.89. The highest BCUT2D eigenvalue weighted by atomic mass is 79.9. The summed E-state index contributed by atoms with van der Waals surface area (Å²) in [6, 6.07) is 7.44. The van der Waals surface area contributed by atoms with Gasteiger partial charge in [-0.05, 0) is 60.4 Å². The van der Waals surface area contributed by atoms with Crippen LogP contribution >= 0.6 is 27.3 Å². The molecule has 3 rings (SSSR count). The number of benzene rings is 1. The van der Waals surface area contributed by atoms with Crippen molar-refractivity contribution in [2.75, 3.05) is 4.72 Å². The first kappa shape index (κ1) is 14.1. The Bertz CT molecular complexity index is 748. The van der Waals surface area contributed by atoms with Crippen LogP contribution in [0.3, 0.4) is 0 Å². The third-order valence-corrected chi connectivity index (χ3v) is 7.17. The lowest BCUT2D eigenvalue weighted by molar-refractivity contribution is 0.602. The zero-order valence-electron chi connectivity index (χ0n) is 10.9. The van der Waals surface area contributed by atoms with Gasteiger partial charge in [-0.1, -0.05) is 22.0 Å². The number of thiophene rings is 1. The molecule has 3 nitrogen and oxygen atoms in total. The lowest BCUT2D eigenvalue weighted by atomic mass is 10.2. The number of rotatable bonds is 4. The Morgan fingerprint density at radius 1 is 1.30 bits per heavy atom. The standard InChI is InChI=1S/C14H14BrNO2S2/c1-9-12(15)3-2-4-13(9)16-20(17,18)14-11(7-8-19-14)10-5-6-10/h2-4,7-8,10,16H,5-6H2,1H3. The molecule has 0 bridgehead atoms. The van der Waals surface area contributed by atoms with Crippen molar-refractivity contribution in [3.8, 4) is 0 Å². The quantitative estimate of drug-likeness (QED) is 0.859. The molecule has 106 valence electrons. The molecule has 1 N–H and O–H groups in total. The topological polar surface area (TPSA) is 46.2 Å². The SMILES string of the molecule is Cc1c(Br)cccc1NS(=O)(=O)c1sccc1C1CC1. The van der Waals surface area contributed by atoms with Crippen LogP contribution < -0.4 is 4.72 Å². The highest BCUT2D eigenvalue weighted by Gasteiger charge is 2.31. The summed E-state index contributed by atoms with van der Waals surface area (Å²) >= 11 is 4.71. The highest BCUT2D eigenvalue weighted by molar-refractivity contribution is 9.10. The average Bonchev–Trinajstić information content (AvgIpc) is 3.11. The Morgan fingerprint density at radius 2 is 2.05 bits per heavy atom. The van der Waals surface area contributed by atoms with Gasteiger partial charge in [0.05, 0.1) is 5.69 Å². The third-order valence-electron chi connectivity index (χ3n) is 3.43. The second-order valence-electron chi connectivity index (χ2n) is 4.96. The maximum atomic E-state index is 12.6. The summed E-state index contributed by atoms with van der Waals surface area (Å²) in [5.74, 6) is 0.427. The fraction of sp³-hybridized carbons (Fsp3) is 0.286. The molecule has 0 aliphatic heterocycles. The van der Waals surface area contributed by atoms with Crippen LogP contribution in [-0.4, -0.2) is 8.42 Å². The summed E-state index contributed by atoms with van der Waals surface area (Å²) in [6.07, 6.45) is 2.18. The molecule has 6 heteroatoms. The predicted octanol–water partition coefficient (Wildman–Crippen LogP) is 4.50. The Hall–Kier alpha value is -0.850. The predicted molar refractivity (Wildman–Crippen MR) is 86.0 cm³/mol. The minimum atomic E-state index is -3.50. The zero-order chi connectivity index (χ0) is 14.3. The lowest BCUT2D eigenvalue weighted by Crippen LogP contribution is -2.14. The maximum absolute atomic E-state index is 12.6. The first-order chi connectivity index (χ1) is 9.49. The van der Waals surface area contributed by atoms with E-state index in [2.05, 4.69) is 20.7 Å². The van der Waals surface area contributed by atoms with Crippen LogP contribution in [0.4, 0.5) is 5.69 Å². The fourth-order valence-corrected chi connectivity index (χ4v) is 5.15. The van der Waals surface area contributed by atoms with Crippen molar-refractivity contribution in [3.05, 3.63) is 45.2 Å². The molecule has 1 aromatic carbocycles. The van der Waals surface area contributed by atoms with E-state index in [4.69, 9.17) is 0 Å². The van der Waals surface area contributed by atoms with Crippen molar-refractivity contribution in [3.63, 3.8) is 0 Å². The zero-order valence-corrected chi connectivity index (χ0v) is 14.1. The van der Waals surface area contributed by atoms with E-state index in [1.54, 1.807) is 6.07 Å². The van der Waals surface area contributed by atoms with E-state index < -0.39 is 10.0 Å². The van der Waals surface area contributed by atoms with E-state index in [9.17, 15) is 8.42 Å². The first-order valence-corrected chi connectivity index (χ1v) is 9.50. The molecule has 1 saturated carbocycles. The Kier molecular flexibility index (Phi) is 3.64. The summed E-state index contributed by atoms with van der Waals surface area (Å²) in [5.41, 5.74) is 2.48. The van der Waals surface area contributed by atoms with Crippen molar-refractivity contribution in [1.29, 1.82) is 0 Å². The fourth-order valence-electron chi connectivity index (χ4n) is 2.13. The van der Waals surface area contributed by atoms with E-state index in [-0.39, 0.29) is 0 Å². The molecule has 2 aromatic rings. The van der Waals surface area contributed by atoms with Crippen LogP contribution in [0.2, 0.25) is 0 Å². The molecule has 1 aliphatic rings. The number of hydrogen-bond acceptors (Lipinski definition) is 3. The van der Waals surface area contributed by atoms with Gasteiger partial charge >= 0.3 is 0 Å². The molecule has 1 aliphatic carbocycles. The van der Waals surface area contributed by atoms with E-state index >= 15 is 0 Å². The van der Waals surface area contributed by atoms with Crippen molar-refractivity contribution in [2.45, 2.75) is 29.9 Å². The summed E-state index contributed by atoms with van der Waals surface area (Å²) in [4.78, 5) is 0. The number of sulfonamides is 1. The second-order valence-corrected chi connectivity index (χ2v) is 8.60. The number of halogens is 1. The van der Waals surface area contributed by atoms with Gasteiger partial charge < -0.3 is 0 Å². The van der Waals surface area contributed by atoms with Crippen LogP contribution in [0.15, 0.2) is 38.3 Å². The molecule has 0 unspecified atom stereocenters. The minimum Gasteiger partial charge on any atom is -0.279 e. The Morgan fingerprint density at radius 3 is 2.75 bits per heavy atom. The Labute approximate surface area is 131 Å². The largest absolute Gasteiger partial charge is 0.279 e. The lowest BCUT2D eigenvalue weighted by Gasteiger charge is -2.11. The molecule has 0 saturated heterocycles. The molecule has 1 fully saturated rings. The van der Waals surface area contributed by atoms with Gasteiger partial charge in [0, 0.05) is 4.47 Å². The average molecular weight is 372 g/mol. The summed E-state index contributed by atoms with van der Waals surface area (Å²) in [5, 5.41) is 1.86. The van der Waals surface area contributed by atoms with E-state index in [0.717, 1.165) is 28.4 Å². The third kappa shape index (κ3) is 2.64. The van der Waals surface area contributed by atoms with Gasteiger partial charge in [-0.2, -0.15) is 0 Å². The molecule has 0 spiro atoms. The van der Waals surface area contributed by atoms with Gasteiger partial charge in [0.15, 0.2) is 0 Å². The minimum absolute atomic E-state index is 0.427. The second kappa shape index (κ2) is 5.16. The molecule has 1 heterocycles. The van der Waals surface area contributed by atoms with Crippen LogP contribution in [0.1, 0.15) is 29.9 Å². The van der Waals surface area contributed by atoms with Gasteiger partial charge in [-0.25, -0.2) is 8.42 Å². The van der Waals surface area contributed by atoms with E-state index in [1.165, 1.54) is 11.3 Å². The van der Waals surface area contributed by atoms with Crippen molar-refractivity contribution < 1.29 is 8.42 Å². The van der Waals surface area contributed by atoms with Gasteiger partial charge in [0.2, 0.25) is 0 Å². The van der Waals surface area contributed by atoms with E-state index in [1.807, 2.05) is 30.5 Å². The number of anilines is 1. The molecule has 1 aromatic heterocycles. The number of nitrogens with one attached hydrogen (secondary N) is 1. The van der Waals surface area contributed by atoms with Crippen LogP contribution in [-0.2, 0) is 10.0 Å². The molecular formula is C14H14BrNO2S2. The maximum Gasteiger partial charge on any atom is 0.271 e. The monoisotopic (exact) mass is 371 g/mol.